The van der Waals surface area contributed by atoms with Crippen LogP contribution < -0.4 is 19.6 Å². The number of para-hydroxylation sites is 1. The highest BCUT2D eigenvalue weighted by molar-refractivity contribution is 6.35. The highest BCUT2D eigenvalue weighted by Crippen LogP contribution is 2.30. The third kappa shape index (κ3) is 7.21. The molecule has 1 amide bonds. The first-order valence-corrected chi connectivity index (χ1v) is 14.1. The fourth-order valence-electron chi connectivity index (χ4n) is 4.37. The standard InChI is InChI=1S/C34H28Cl2N2O4/c1-2-40-33-18-23(14-17-32(33)42-21-25-10-7-9-24-8-3-4-11-28(24)25)20-37-38-34(39)29-12-5-6-13-31(29)41-22-26-15-16-27(35)19-30(26)36/h3-20H,2,21-22H2,1H3,(H,38,39)/b37-20+. The van der Waals surface area contributed by atoms with Gasteiger partial charge < -0.3 is 14.2 Å². The van der Waals surface area contributed by atoms with E-state index in [9.17, 15) is 4.79 Å². The molecule has 0 saturated heterocycles. The van der Waals surface area contributed by atoms with Crippen LogP contribution in [0.5, 0.6) is 17.2 Å². The summed E-state index contributed by atoms with van der Waals surface area (Å²) in [7, 11) is 0. The van der Waals surface area contributed by atoms with E-state index in [0.29, 0.717) is 46.1 Å². The van der Waals surface area contributed by atoms with Crippen LogP contribution in [0.4, 0.5) is 0 Å². The van der Waals surface area contributed by atoms with Crippen molar-refractivity contribution in [3.8, 4) is 17.2 Å². The minimum atomic E-state index is -0.413. The van der Waals surface area contributed by atoms with Gasteiger partial charge in [-0.25, -0.2) is 5.43 Å². The second-order valence-corrected chi connectivity index (χ2v) is 10.1. The molecule has 0 aliphatic rings. The molecule has 8 heteroatoms. The van der Waals surface area contributed by atoms with Gasteiger partial charge >= 0.3 is 0 Å². The number of carbonyl (C=O) groups excluding carboxylic acids is 1. The molecule has 0 radical (unpaired) electrons. The van der Waals surface area contributed by atoms with Crippen LogP contribution in [-0.4, -0.2) is 18.7 Å². The second-order valence-electron chi connectivity index (χ2n) is 9.29. The van der Waals surface area contributed by atoms with E-state index >= 15 is 0 Å². The predicted molar refractivity (Wildman–Crippen MR) is 168 cm³/mol. The van der Waals surface area contributed by atoms with Crippen LogP contribution in [-0.2, 0) is 13.2 Å². The number of hydrazone groups is 1. The zero-order chi connectivity index (χ0) is 29.3. The lowest BCUT2D eigenvalue weighted by molar-refractivity contribution is 0.0950. The molecule has 0 fully saturated rings. The van der Waals surface area contributed by atoms with E-state index in [1.807, 2.05) is 43.3 Å². The number of fused-ring (bicyclic) bond motifs is 1. The van der Waals surface area contributed by atoms with Gasteiger partial charge in [0.05, 0.1) is 18.4 Å². The largest absolute Gasteiger partial charge is 0.490 e. The topological polar surface area (TPSA) is 69.2 Å². The Morgan fingerprint density at radius 3 is 2.38 bits per heavy atom. The van der Waals surface area contributed by atoms with Gasteiger partial charge in [-0.05, 0) is 71.3 Å². The summed E-state index contributed by atoms with van der Waals surface area (Å²) in [4.78, 5) is 12.9. The number of carbonyl (C=O) groups is 1. The maximum atomic E-state index is 12.9. The Balaban J connectivity index is 1.24. The molecular weight excluding hydrogens is 571 g/mol. The van der Waals surface area contributed by atoms with Crippen molar-refractivity contribution in [3.05, 3.63) is 135 Å². The molecule has 0 heterocycles. The number of benzene rings is 5. The number of rotatable bonds is 11. The van der Waals surface area contributed by atoms with E-state index in [1.54, 1.807) is 48.7 Å². The molecule has 0 aromatic heterocycles. The lowest BCUT2D eigenvalue weighted by Crippen LogP contribution is -2.18. The first-order chi connectivity index (χ1) is 20.5. The van der Waals surface area contributed by atoms with Crippen LogP contribution in [0.15, 0.2) is 108 Å². The van der Waals surface area contributed by atoms with Crippen molar-refractivity contribution in [2.45, 2.75) is 20.1 Å². The molecule has 6 nitrogen and oxygen atoms in total. The van der Waals surface area contributed by atoms with Crippen LogP contribution in [0.3, 0.4) is 0 Å². The van der Waals surface area contributed by atoms with Gasteiger partial charge in [-0.2, -0.15) is 5.10 Å². The Kier molecular flexibility index (Phi) is 9.59. The van der Waals surface area contributed by atoms with E-state index in [0.717, 1.165) is 27.5 Å². The van der Waals surface area contributed by atoms with Gasteiger partial charge in [-0.15, -0.1) is 0 Å². The molecule has 0 bridgehead atoms. The zero-order valence-electron chi connectivity index (χ0n) is 22.8. The van der Waals surface area contributed by atoms with Gasteiger partial charge in [0.2, 0.25) is 0 Å². The van der Waals surface area contributed by atoms with Gasteiger partial charge in [-0.3, -0.25) is 4.79 Å². The second kappa shape index (κ2) is 13.9. The first-order valence-electron chi connectivity index (χ1n) is 13.4. The van der Waals surface area contributed by atoms with Crippen molar-refractivity contribution in [1.82, 2.24) is 5.43 Å². The Morgan fingerprint density at radius 1 is 0.762 bits per heavy atom. The van der Waals surface area contributed by atoms with Crippen molar-refractivity contribution in [2.24, 2.45) is 5.10 Å². The minimum absolute atomic E-state index is 0.179. The Labute approximate surface area is 254 Å². The normalized spacial score (nSPS) is 11.0. The quantitative estimate of drug-likeness (QED) is 0.122. The summed E-state index contributed by atoms with van der Waals surface area (Å²) in [6.45, 7) is 2.96. The molecule has 0 atom stereocenters. The van der Waals surface area contributed by atoms with Gasteiger partial charge in [0.25, 0.3) is 5.91 Å². The van der Waals surface area contributed by atoms with E-state index in [-0.39, 0.29) is 6.61 Å². The maximum absolute atomic E-state index is 12.9. The van der Waals surface area contributed by atoms with Crippen LogP contribution in [0.2, 0.25) is 10.0 Å². The molecule has 212 valence electrons. The SMILES string of the molecule is CCOc1cc(/C=N/NC(=O)c2ccccc2OCc2ccc(Cl)cc2Cl)ccc1OCc1cccc2ccccc12. The summed E-state index contributed by atoms with van der Waals surface area (Å²) in [5.41, 5.74) is 5.48. The lowest BCUT2D eigenvalue weighted by Gasteiger charge is -2.14. The van der Waals surface area contributed by atoms with Gasteiger partial charge in [0, 0.05) is 15.6 Å². The third-order valence-corrected chi connectivity index (χ3v) is 7.03. The Bertz CT molecular complexity index is 1730. The summed E-state index contributed by atoms with van der Waals surface area (Å²) < 4.78 is 17.9. The van der Waals surface area contributed by atoms with Crippen LogP contribution in [0.1, 0.15) is 34.0 Å². The molecule has 5 aromatic rings. The predicted octanol–water partition coefficient (Wildman–Crippen LogP) is 8.47. The fraction of sp³-hybridized carbons (Fsp3) is 0.118. The van der Waals surface area contributed by atoms with Crippen molar-refractivity contribution >= 4 is 46.1 Å². The minimum Gasteiger partial charge on any atom is -0.490 e. The monoisotopic (exact) mass is 598 g/mol. The van der Waals surface area contributed by atoms with Crippen LogP contribution in [0.25, 0.3) is 10.8 Å². The highest BCUT2D eigenvalue weighted by atomic mass is 35.5. The molecule has 0 spiro atoms. The smallest absolute Gasteiger partial charge is 0.275 e. The molecule has 5 rings (SSSR count). The van der Waals surface area contributed by atoms with Gasteiger partial charge in [0.15, 0.2) is 11.5 Å². The van der Waals surface area contributed by atoms with E-state index in [4.69, 9.17) is 37.4 Å². The third-order valence-electron chi connectivity index (χ3n) is 6.44. The molecule has 0 unspecified atom stereocenters. The summed E-state index contributed by atoms with van der Waals surface area (Å²) >= 11 is 12.2. The Hall–Kier alpha value is -4.52. The molecule has 5 aromatic carbocycles. The van der Waals surface area contributed by atoms with Gasteiger partial charge in [0.1, 0.15) is 19.0 Å². The molecular formula is C34H28Cl2N2O4. The maximum Gasteiger partial charge on any atom is 0.275 e. The number of amides is 1. The van der Waals surface area contributed by atoms with E-state index in [2.05, 4.69) is 34.8 Å². The summed E-state index contributed by atoms with van der Waals surface area (Å²) in [6, 6.07) is 32.0. The number of halogens is 2. The Morgan fingerprint density at radius 2 is 1.52 bits per heavy atom. The first kappa shape index (κ1) is 29.0. The molecule has 1 N–H and O–H groups in total. The lowest BCUT2D eigenvalue weighted by atomic mass is 10.1. The summed E-state index contributed by atoms with van der Waals surface area (Å²) in [5.74, 6) is 1.21. The van der Waals surface area contributed by atoms with Crippen LogP contribution >= 0.6 is 23.2 Å². The molecule has 0 aliphatic carbocycles. The van der Waals surface area contributed by atoms with E-state index in [1.165, 1.54) is 0 Å². The molecule has 0 saturated carbocycles. The number of nitrogens with one attached hydrogen (secondary N) is 1. The zero-order valence-corrected chi connectivity index (χ0v) is 24.4. The number of nitrogens with zero attached hydrogens (tertiary/aromatic N) is 1. The van der Waals surface area contributed by atoms with Crippen molar-refractivity contribution in [2.75, 3.05) is 6.61 Å². The van der Waals surface area contributed by atoms with Crippen LogP contribution in [0, 0.1) is 0 Å². The number of ether oxygens (including phenoxy) is 3. The average molecular weight is 600 g/mol. The van der Waals surface area contributed by atoms with E-state index < -0.39 is 5.91 Å². The molecule has 42 heavy (non-hydrogen) atoms. The summed E-state index contributed by atoms with van der Waals surface area (Å²) in [6.07, 6.45) is 1.55. The number of hydrogen-bond donors (Lipinski definition) is 1. The summed E-state index contributed by atoms with van der Waals surface area (Å²) in [5, 5.41) is 7.49. The number of hydrogen-bond acceptors (Lipinski definition) is 5. The van der Waals surface area contributed by atoms with Gasteiger partial charge in [-0.1, -0.05) is 83.9 Å². The fourth-order valence-corrected chi connectivity index (χ4v) is 4.83. The van der Waals surface area contributed by atoms with Crippen molar-refractivity contribution < 1.29 is 19.0 Å². The van der Waals surface area contributed by atoms with Crippen molar-refractivity contribution in [1.29, 1.82) is 0 Å². The average Bonchev–Trinajstić information content (AvgIpc) is 3.00. The van der Waals surface area contributed by atoms with Crippen molar-refractivity contribution in [3.63, 3.8) is 0 Å². The molecule has 0 aliphatic heterocycles. The highest BCUT2D eigenvalue weighted by Gasteiger charge is 2.13.